The van der Waals surface area contributed by atoms with Gasteiger partial charge in [0.2, 0.25) is 11.4 Å². The van der Waals surface area contributed by atoms with Gasteiger partial charge in [-0.05, 0) is 75.4 Å². The van der Waals surface area contributed by atoms with E-state index in [4.69, 9.17) is 14.2 Å². The summed E-state index contributed by atoms with van der Waals surface area (Å²) in [6, 6.07) is 7.74. The van der Waals surface area contributed by atoms with E-state index in [9.17, 15) is 24.9 Å². The molecule has 2 aromatic rings. The maximum absolute atomic E-state index is 13.4. The van der Waals surface area contributed by atoms with Crippen molar-refractivity contribution in [3.63, 3.8) is 0 Å². The zero-order chi connectivity index (χ0) is 28.2. The van der Waals surface area contributed by atoms with Crippen molar-refractivity contribution >= 4 is 17.5 Å². The van der Waals surface area contributed by atoms with Gasteiger partial charge in [0.25, 0.3) is 0 Å². The highest BCUT2D eigenvalue weighted by atomic mass is 16.6. The number of rotatable bonds is 9. The Hall–Kier alpha value is -4.20. The number of benzene rings is 2. The standard InChI is InChI=1S/C30H34O8/c1-17(2)7-10-20-13-19(9-12-23(20)31)16-30(29(35)37-6)25(27(36-5)28(34)38-30)22-14-21(11-8-18(3)4)26(33)24(32)15-22/h7-9,12-15,31-33H,10-11,16H2,1-6H3/t30-/m1/s1. The molecule has 0 radical (unpaired) electrons. The van der Waals surface area contributed by atoms with E-state index in [1.54, 1.807) is 18.2 Å². The van der Waals surface area contributed by atoms with Crippen LogP contribution in [0.15, 0.2) is 59.4 Å². The van der Waals surface area contributed by atoms with Gasteiger partial charge < -0.3 is 29.5 Å². The average Bonchev–Trinajstić information content (AvgIpc) is 3.15. The number of cyclic esters (lactones) is 1. The molecule has 38 heavy (non-hydrogen) atoms. The van der Waals surface area contributed by atoms with E-state index in [1.165, 1.54) is 26.4 Å². The van der Waals surface area contributed by atoms with Gasteiger partial charge in [-0.2, -0.15) is 0 Å². The van der Waals surface area contributed by atoms with E-state index in [1.807, 2.05) is 39.8 Å². The van der Waals surface area contributed by atoms with E-state index in [0.717, 1.165) is 11.1 Å². The second-order valence-electron chi connectivity index (χ2n) is 9.73. The van der Waals surface area contributed by atoms with Crippen LogP contribution in [-0.2, 0) is 43.1 Å². The largest absolute Gasteiger partial charge is 0.508 e. The van der Waals surface area contributed by atoms with Crippen LogP contribution < -0.4 is 0 Å². The Morgan fingerprint density at radius 1 is 0.921 bits per heavy atom. The Kier molecular flexibility index (Phi) is 8.56. The maximum atomic E-state index is 13.4. The monoisotopic (exact) mass is 522 g/mol. The number of allylic oxidation sites excluding steroid dienone is 4. The van der Waals surface area contributed by atoms with Gasteiger partial charge in [-0.3, -0.25) is 0 Å². The molecule has 3 rings (SSSR count). The van der Waals surface area contributed by atoms with Crippen molar-refractivity contribution in [1.29, 1.82) is 0 Å². The molecule has 0 saturated heterocycles. The van der Waals surface area contributed by atoms with Gasteiger partial charge in [0.15, 0.2) is 11.5 Å². The lowest BCUT2D eigenvalue weighted by Crippen LogP contribution is -2.44. The molecule has 0 aromatic heterocycles. The van der Waals surface area contributed by atoms with Gasteiger partial charge in [0.05, 0.1) is 19.8 Å². The number of phenolic OH excluding ortho intramolecular Hbond substituents is 3. The molecule has 0 aliphatic carbocycles. The first-order chi connectivity index (χ1) is 17.9. The minimum atomic E-state index is -1.95. The van der Waals surface area contributed by atoms with Gasteiger partial charge in [-0.15, -0.1) is 0 Å². The highest BCUT2D eigenvalue weighted by molar-refractivity contribution is 6.11. The molecule has 2 aromatic carbocycles. The van der Waals surface area contributed by atoms with E-state index in [2.05, 4.69) is 0 Å². The van der Waals surface area contributed by atoms with E-state index in [0.29, 0.717) is 29.5 Å². The number of carbonyl (C=O) groups is 2. The predicted molar refractivity (Wildman–Crippen MR) is 143 cm³/mol. The fourth-order valence-corrected chi connectivity index (χ4v) is 4.40. The maximum Gasteiger partial charge on any atom is 0.375 e. The Balaban J connectivity index is 2.23. The first kappa shape index (κ1) is 28.4. The SMILES string of the molecule is COC(=O)[C@]1(Cc2ccc(O)c(CC=C(C)C)c2)OC(=O)C(OC)=C1c1cc(O)c(O)c(CC=C(C)C)c1. The number of hydrogen-bond donors (Lipinski definition) is 3. The number of phenols is 3. The summed E-state index contributed by atoms with van der Waals surface area (Å²) in [6.45, 7) is 7.71. The van der Waals surface area contributed by atoms with Gasteiger partial charge in [-0.1, -0.05) is 35.4 Å². The Labute approximate surface area is 222 Å². The molecule has 8 heteroatoms. The summed E-state index contributed by atoms with van der Waals surface area (Å²) in [6.07, 6.45) is 4.49. The molecule has 1 atom stereocenters. The number of carbonyl (C=O) groups excluding carboxylic acids is 2. The molecule has 0 bridgehead atoms. The number of ether oxygens (including phenoxy) is 3. The summed E-state index contributed by atoms with van der Waals surface area (Å²) >= 11 is 0. The van der Waals surface area contributed by atoms with Crippen LogP contribution in [0, 0.1) is 0 Å². The van der Waals surface area contributed by atoms with Crippen molar-refractivity contribution in [1.82, 2.24) is 0 Å². The predicted octanol–water partition coefficient (Wildman–Crippen LogP) is 4.89. The molecule has 3 N–H and O–H groups in total. The molecule has 8 nitrogen and oxygen atoms in total. The molecule has 1 aliphatic heterocycles. The minimum Gasteiger partial charge on any atom is -0.508 e. The smallest absolute Gasteiger partial charge is 0.375 e. The molecule has 0 saturated carbocycles. The van der Waals surface area contributed by atoms with Gasteiger partial charge >= 0.3 is 11.9 Å². The van der Waals surface area contributed by atoms with E-state index >= 15 is 0 Å². The minimum absolute atomic E-state index is 0.0736. The third kappa shape index (κ3) is 5.69. The molecule has 1 aliphatic rings. The molecule has 1 heterocycles. The second kappa shape index (κ2) is 11.5. The second-order valence-corrected chi connectivity index (χ2v) is 9.73. The third-order valence-corrected chi connectivity index (χ3v) is 6.32. The summed E-state index contributed by atoms with van der Waals surface area (Å²) in [5.41, 5.74) is 2.09. The van der Waals surface area contributed by atoms with Gasteiger partial charge in [-0.25, -0.2) is 9.59 Å². The average molecular weight is 523 g/mol. The molecule has 0 amide bonds. The third-order valence-electron chi connectivity index (χ3n) is 6.32. The van der Waals surface area contributed by atoms with Crippen molar-refractivity contribution < 1.29 is 39.1 Å². The fraction of sp³-hybridized carbons (Fsp3) is 0.333. The lowest BCUT2D eigenvalue weighted by atomic mass is 9.82. The number of esters is 2. The topological polar surface area (TPSA) is 123 Å². The number of methoxy groups -OCH3 is 2. The summed E-state index contributed by atoms with van der Waals surface area (Å²) in [4.78, 5) is 26.4. The zero-order valence-electron chi connectivity index (χ0n) is 22.5. The van der Waals surface area contributed by atoms with Crippen LogP contribution in [0.1, 0.15) is 49.9 Å². The first-order valence-electron chi connectivity index (χ1n) is 12.2. The van der Waals surface area contributed by atoms with Crippen LogP contribution in [0.2, 0.25) is 0 Å². The van der Waals surface area contributed by atoms with Crippen LogP contribution in [0.25, 0.3) is 5.57 Å². The lowest BCUT2D eigenvalue weighted by Gasteiger charge is -2.28. The fourth-order valence-electron chi connectivity index (χ4n) is 4.40. The van der Waals surface area contributed by atoms with Crippen molar-refractivity contribution in [3.8, 4) is 17.2 Å². The molecule has 0 fully saturated rings. The van der Waals surface area contributed by atoms with E-state index < -0.39 is 23.3 Å². The molecule has 0 unspecified atom stereocenters. The summed E-state index contributed by atoms with van der Waals surface area (Å²) in [5, 5.41) is 31.4. The van der Waals surface area contributed by atoms with Crippen LogP contribution in [0.4, 0.5) is 0 Å². The lowest BCUT2D eigenvalue weighted by molar-refractivity contribution is -0.169. The summed E-state index contributed by atoms with van der Waals surface area (Å²) < 4.78 is 16.2. The Morgan fingerprint density at radius 2 is 1.55 bits per heavy atom. The summed E-state index contributed by atoms with van der Waals surface area (Å²) in [7, 11) is 2.47. The number of aromatic hydroxyl groups is 3. The normalized spacial score (nSPS) is 16.6. The highest BCUT2D eigenvalue weighted by Gasteiger charge is 2.56. The molecule has 0 spiro atoms. The van der Waals surface area contributed by atoms with Crippen molar-refractivity contribution in [3.05, 3.63) is 81.6 Å². The highest BCUT2D eigenvalue weighted by Crippen LogP contribution is 2.46. The summed E-state index contributed by atoms with van der Waals surface area (Å²) in [5.74, 6) is -2.55. The van der Waals surface area contributed by atoms with Crippen molar-refractivity contribution in [2.45, 2.75) is 52.6 Å². The van der Waals surface area contributed by atoms with Crippen LogP contribution in [-0.4, -0.2) is 47.1 Å². The zero-order valence-corrected chi connectivity index (χ0v) is 22.5. The van der Waals surface area contributed by atoms with Crippen molar-refractivity contribution in [2.75, 3.05) is 14.2 Å². The Bertz CT molecular complexity index is 1340. The van der Waals surface area contributed by atoms with E-state index in [-0.39, 0.29) is 34.8 Å². The molecular weight excluding hydrogens is 488 g/mol. The number of hydrogen-bond acceptors (Lipinski definition) is 8. The quantitative estimate of drug-likeness (QED) is 0.242. The van der Waals surface area contributed by atoms with Gasteiger partial charge in [0.1, 0.15) is 5.75 Å². The van der Waals surface area contributed by atoms with Crippen LogP contribution in [0.3, 0.4) is 0 Å². The van der Waals surface area contributed by atoms with Crippen LogP contribution in [0.5, 0.6) is 17.2 Å². The van der Waals surface area contributed by atoms with Gasteiger partial charge in [0, 0.05) is 12.0 Å². The molecule has 202 valence electrons. The van der Waals surface area contributed by atoms with Crippen molar-refractivity contribution in [2.24, 2.45) is 0 Å². The Morgan fingerprint density at radius 3 is 2.13 bits per heavy atom. The molecular formula is C30H34O8. The first-order valence-corrected chi connectivity index (χ1v) is 12.2. The van der Waals surface area contributed by atoms with Crippen LogP contribution >= 0.6 is 0 Å².